The molecule has 4 saturated carbocycles. The Morgan fingerprint density at radius 1 is 0.821 bits per heavy atom. The molecule has 4 aliphatic rings. The molecule has 0 spiro atoms. The Hall–Kier alpha value is -0.0400. The van der Waals surface area contributed by atoms with Crippen LogP contribution in [0.4, 0.5) is 0 Å². The van der Waals surface area contributed by atoms with Gasteiger partial charge in [-0.25, -0.2) is 0 Å². The summed E-state index contributed by atoms with van der Waals surface area (Å²) in [7, 11) is 0. The summed E-state index contributed by atoms with van der Waals surface area (Å²) in [5.41, 5.74) is 1.15. The van der Waals surface area contributed by atoms with Crippen molar-refractivity contribution in [3.8, 4) is 0 Å². The SMILES string of the molecule is CC(C)CCCC(C)C1CC[C@H]2[C@@H]3CC[C@@H]4C[C@@H](O)CC[C@]4(C)[C@H]3CC[C@]12C. The van der Waals surface area contributed by atoms with E-state index in [-0.39, 0.29) is 6.10 Å². The van der Waals surface area contributed by atoms with Gasteiger partial charge in [0.1, 0.15) is 0 Å². The van der Waals surface area contributed by atoms with E-state index < -0.39 is 0 Å². The normalized spacial score (nSPS) is 49.4. The minimum absolute atomic E-state index is 0.00830. The van der Waals surface area contributed by atoms with Crippen LogP contribution in [0, 0.1) is 52.3 Å². The molecule has 0 bridgehead atoms. The molecule has 28 heavy (non-hydrogen) atoms. The van der Waals surface area contributed by atoms with E-state index in [1.807, 2.05) is 0 Å². The van der Waals surface area contributed by atoms with Gasteiger partial charge in [0, 0.05) is 0 Å². The molecule has 0 aromatic carbocycles. The number of rotatable bonds is 5. The molecule has 1 N–H and O–H groups in total. The highest BCUT2D eigenvalue weighted by Crippen LogP contribution is 2.68. The van der Waals surface area contributed by atoms with Gasteiger partial charge < -0.3 is 5.11 Å². The zero-order valence-corrected chi connectivity index (χ0v) is 19.6. The largest absolute Gasteiger partial charge is 0.393 e. The molecule has 4 fully saturated rings. The highest BCUT2D eigenvalue weighted by Gasteiger charge is 2.60. The van der Waals surface area contributed by atoms with E-state index in [9.17, 15) is 5.11 Å². The lowest BCUT2D eigenvalue weighted by molar-refractivity contribution is -0.129. The fourth-order valence-corrected chi connectivity index (χ4v) is 9.26. The molecule has 0 saturated heterocycles. The second-order valence-electron chi connectivity index (χ2n) is 12.6. The van der Waals surface area contributed by atoms with Gasteiger partial charge in [0.2, 0.25) is 0 Å². The van der Waals surface area contributed by atoms with Crippen LogP contribution in [0.5, 0.6) is 0 Å². The summed E-state index contributed by atoms with van der Waals surface area (Å²) < 4.78 is 0. The Bertz CT molecular complexity index is 540. The van der Waals surface area contributed by atoms with Gasteiger partial charge in [-0.1, -0.05) is 53.9 Å². The molecule has 1 heteroatoms. The Balaban J connectivity index is 1.46. The van der Waals surface area contributed by atoms with Gasteiger partial charge in [0.05, 0.1) is 6.10 Å². The third-order valence-electron chi connectivity index (χ3n) is 10.8. The van der Waals surface area contributed by atoms with E-state index in [1.54, 1.807) is 0 Å². The van der Waals surface area contributed by atoms with Crippen LogP contribution in [-0.2, 0) is 0 Å². The maximum Gasteiger partial charge on any atom is 0.0543 e. The predicted octanol–water partition coefficient (Wildman–Crippen LogP) is 7.47. The van der Waals surface area contributed by atoms with Crippen LogP contribution in [-0.4, -0.2) is 11.2 Å². The molecule has 162 valence electrons. The van der Waals surface area contributed by atoms with Crippen molar-refractivity contribution >= 4 is 0 Å². The molecule has 1 nitrogen and oxygen atoms in total. The van der Waals surface area contributed by atoms with Crippen LogP contribution < -0.4 is 0 Å². The van der Waals surface area contributed by atoms with Crippen LogP contribution in [0.1, 0.15) is 112 Å². The highest BCUT2D eigenvalue weighted by atomic mass is 16.3. The van der Waals surface area contributed by atoms with E-state index in [2.05, 4.69) is 34.6 Å². The van der Waals surface area contributed by atoms with Crippen molar-refractivity contribution in [1.29, 1.82) is 0 Å². The molecule has 4 aliphatic carbocycles. The molecule has 2 unspecified atom stereocenters. The third-order valence-corrected chi connectivity index (χ3v) is 10.8. The zero-order chi connectivity index (χ0) is 20.1. The average molecular weight is 389 g/mol. The first-order valence-electron chi connectivity index (χ1n) is 12.9. The first-order chi connectivity index (χ1) is 13.3. The molecular formula is C27H48O. The maximum atomic E-state index is 10.3. The van der Waals surface area contributed by atoms with Crippen molar-refractivity contribution in [2.24, 2.45) is 52.3 Å². The van der Waals surface area contributed by atoms with Crippen LogP contribution in [0.15, 0.2) is 0 Å². The van der Waals surface area contributed by atoms with Gasteiger partial charge in [0.15, 0.2) is 0 Å². The summed E-state index contributed by atoms with van der Waals surface area (Å²) in [6.45, 7) is 12.7. The first-order valence-corrected chi connectivity index (χ1v) is 12.9. The minimum Gasteiger partial charge on any atom is -0.393 e. The van der Waals surface area contributed by atoms with E-state index in [4.69, 9.17) is 0 Å². The van der Waals surface area contributed by atoms with E-state index >= 15 is 0 Å². The molecule has 9 atom stereocenters. The van der Waals surface area contributed by atoms with Gasteiger partial charge in [0.25, 0.3) is 0 Å². The van der Waals surface area contributed by atoms with E-state index in [1.165, 1.54) is 64.2 Å². The van der Waals surface area contributed by atoms with Crippen molar-refractivity contribution in [3.05, 3.63) is 0 Å². The topological polar surface area (TPSA) is 20.2 Å². The smallest absolute Gasteiger partial charge is 0.0543 e. The van der Waals surface area contributed by atoms with Gasteiger partial charge in [-0.15, -0.1) is 0 Å². The van der Waals surface area contributed by atoms with Gasteiger partial charge in [-0.2, -0.15) is 0 Å². The molecule has 0 aliphatic heterocycles. The summed E-state index contributed by atoms with van der Waals surface area (Å²) in [4.78, 5) is 0. The number of hydrogen-bond donors (Lipinski definition) is 1. The Labute approximate surface area is 175 Å². The lowest BCUT2D eigenvalue weighted by atomic mass is 9.44. The average Bonchev–Trinajstić information content (AvgIpc) is 2.99. The zero-order valence-electron chi connectivity index (χ0n) is 19.6. The van der Waals surface area contributed by atoms with Crippen LogP contribution in [0.3, 0.4) is 0 Å². The van der Waals surface area contributed by atoms with E-state index in [0.717, 1.165) is 54.3 Å². The molecule has 0 aromatic rings. The van der Waals surface area contributed by atoms with Gasteiger partial charge in [-0.05, 0) is 110 Å². The molecular weight excluding hydrogens is 340 g/mol. The number of fused-ring (bicyclic) bond motifs is 5. The molecule has 0 amide bonds. The van der Waals surface area contributed by atoms with Gasteiger partial charge >= 0.3 is 0 Å². The summed E-state index contributed by atoms with van der Waals surface area (Å²) >= 11 is 0. The quantitative estimate of drug-likeness (QED) is 0.518. The molecule has 0 heterocycles. The Kier molecular flexibility index (Phi) is 5.98. The highest BCUT2D eigenvalue weighted by molar-refractivity contribution is 5.09. The van der Waals surface area contributed by atoms with Crippen LogP contribution in [0.2, 0.25) is 0 Å². The molecule has 0 radical (unpaired) electrons. The molecule has 4 rings (SSSR count). The van der Waals surface area contributed by atoms with Gasteiger partial charge in [-0.3, -0.25) is 0 Å². The molecule has 0 aromatic heterocycles. The van der Waals surface area contributed by atoms with Crippen molar-refractivity contribution in [2.75, 3.05) is 0 Å². The second kappa shape index (κ2) is 7.90. The standard InChI is InChI=1S/C27H48O/c1-18(2)7-6-8-19(3)23-11-12-24-22-10-9-20-17-21(28)13-15-26(20,4)25(22)14-16-27(23,24)5/h18-25,28H,6-17H2,1-5H3/t19?,20-,21+,22+,23?,24+,25+,26+,27-/m1/s1. The maximum absolute atomic E-state index is 10.3. The van der Waals surface area contributed by atoms with Crippen LogP contribution >= 0.6 is 0 Å². The minimum atomic E-state index is -0.00830. The number of aliphatic hydroxyl groups is 1. The summed E-state index contributed by atoms with van der Waals surface area (Å²) in [5, 5.41) is 10.3. The fraction of sp³-hybridized carbons (Fsp3) is 1.00. The first kappa shape index (κ1) is 21.2. The van der Waals surface area contributed by atoms with Crippen molar-refractivity contribution in [2.45, 2.75) is 118 Å². The van der Waals surface area contributed by atoms with E-state index in [0.29, 0.717) is 10.8 Å². The summed E-state index contributed by atoms with van der Waals surface area (Å²) in [5.74, 6) is 6.49. The second-order valence-corrected chi connectivity index (χ2v) is 12.6. The van der Waals surface area contributed by atoms with Crippen molar-refractivity contribution in [1.82, 2.24) is 0 Å². The lowest BCUT2D eigenvalue weighted by Gasteiger charge is -2.61. The predicted molar refractivity (Wildman–Crippen MR) is 119 cm³/mol. The third kappa shape index (κ3) is 3.50. The van der Waals surface area contributed by atoms with Crippen molar-refractivity contribution < 1.29 is 5.11 Å². The fourth-order valence-electron chi connectivity index (χ4n) is 9.26. The Morgan fingerprint density at radius 3 is 2.29 bits per heavy atom. The lowest BCUT2D eigenvalue weighted by Crippen LogP contribution is -2.54. The van der Waals surface area contributed by atoms with Crippen LogP contribution in [0.25, 0.3) is 0 Å². The number of hydrogen-bond acceptors (Lipinski definition) is 1. The summed E-state index contributed by atoms with van der Waals surface area (Å²) in [6, 6.07) is 0. The summed E-state index contributed by atoms with van der Waals surface area (Å²) in [6.07, 6.45) is 16.6. The number of aliphatic hydroxyl groups excluding tert-OH is 1. The Morgan fingerprint density at radius 2 is 1.54 bits per heavy atom. The monoisotopic (exact) mass is 388 g/mol. The van der Waals surface area contributed by atoms with Crippen molar-refractivity contribution in [3.63, 3.8) is 0 Å².